The Bertz CT molecular complexity index is 1640. The molecule has 0 unspecified atom stereocenters. The Hall–Kier alpha value is -3.43. The quantitative estimate of drug-likeness (QED) is 0.310. The van der Waals surface area contributed by atoms with E-state index in [1.807, 2.05) is 12.1 Å². The summed E-state index contributed by atoms with van der Waals surface area (Å²) in [5, 5.41) is 1.57. The van der Waals surface area contributed by atoms with Crippen molar-refractivity contribution in [3.8, 4) is 17.3 Å². The van der Waals surface area contributed by atoms with Crippen molar-refractivity contribution in [2.75, 3.05) is 50.9 Å². The van der Waals surface area contributed by atoms with Gasteiger partial charge in [-0.1, -0.05) is 30.3 Å². The van der Waals surface area contributed by atoms with E-state index in [1.54, 1.807) is 24.4 Å². The number of rotatable bonds is 5. The lowest BCUT2D eigenvalue weighted by atomic mass is 9.78. The number of hydrogen-bond donors (Lipinski definition) is 0. The standard InChI is InChI=1S/C32H33F2N5O2/c33-24-9-2-7-21-6-1-8-22(25(21)24)27-26(34)28-23(16-35-27)29(38-13-3-10-31(17-38)18-40-19-31)37-30(36-28)41-20-32-11-4-14-39(32)15-5-12-32/h1-2,6-9,16H,3-5,10-15,17-20H2. The summed E-state index contributed by atoms with van der Waals surface area (Å²) in [5.74, 6) is -0.359. The molecule has 4 saturated heterocycles. The Morgan fingerprint density at radius 1 is 0.927 bits per heavy atom. The largest absolute Gasteiger partial charge is 0.461 e. The zero-order valence-electron chi connectivity index (χ0n) is 23.0. The van der Waals surface area contributed by atoms with Gasteiger partial charge >= 0.3 is 6.01 Å². The minimum absolute atomic E-state index is 0.0133. The molecule has 0 N–H and O–H groups in total. The van der Waals surface area contributed by atoms with E-state index >= 15 is 4.39 Å². The highest BCUT2D eigenvalue weighted by atomic mass is 19.1. The average Bonchev–Trinajstić information content (AvgIpc) is 3.56. The predicted octanol–water partition coefficient (Wildman–Crippen LogP) is 5.75. The van der Waals surface area contributed by atoms with Crippen LogP contribution in [0.4, 0.5) is 14.6 Å². The Morgan fingerprint density at radius 3 is 2.49 bits per heavy atom. The minimum atomic E-state index is -0.591. The van der Waals surface area contributed by atoms with E-state index < -0.39 is 11.6 Å². The number of ether oxygens (including phenoxy) is 2. The highest BCUT2D eigenvalue weighted by Crippen LogP contribution is 2.42. The topological polar surface area (TPSA) is 63.6 Å². The number of halogens is 2. The molecule has 0 bridgehead atoms. The first-order chi connectivity index (χ1) is 20.0. The van der Waals surface area contributed by atoms with Crippen LogP contribution in [0.15, 0.2) is 42.6 Å². The van der Waals surface area contributed by atoms with Gasteiger partial charge in [-0.15, -0.1) is 0 Å². The molecule has 1 spiro atoms. The van der Waals surface area contributed by atoms with Gasteiger partial charge in [0, 0.05) is 35.7 Å². The lowest BCUT2D eigenvalue weighted by Crippen LogP contribution is -2.54. The van der Waals surface area contributed by atoms with Crippen molar-refractivity contribution in [2.24, 2.45) is 5.41 Å². The summed E-state index contributed by atoms with van der Waals surface area (Å²) in [6.07, 6.45) is 8.27. The molecule has 0 amide bonds. The zero-order chi connectivity index (χ0) is 27.6. The van der Waals surface area contributed by atoms with E-state index in [0.29, 0.717) is 34.1 Å². The summed E-state index contributed by atoms with van der Waals surface area (Å²) in [5.41, 5.74) is 0.746. The van der Waals surface area contributed by atoms with Crippen LogP contribution in [-0.2, 0) is 4.74 Å². The number of aromatic nitrogens is 3. The van der Waals surface area contributed by atoms with Crippen LogP contribution < -0.4 is 9.64 Å². The molecule has 2 aromatic heterocycles. The molecule has 0 saturated carbocycles. The van der Waals surface area contributed by atoms with E-state index in [0.717, 1.165) is 77.9 Å². The van der Waals surface area contributed by atoms with Crippen LogP contribution in [0, 0.1) is 17.0 Å². The second-order valence-corrected chi connectivity index (χ2v) is 12.4. The van der Waals surface area contributed by atoms with Gasteiger partial charge in [0.25, 0.3) is 0 Å². The first-order valence-electron chi connectivity index (χ1n) is 14.8. The molecule has 4 aliphatic heterocycles. The fourth-order valence-electron chi connectivity index (χ4n) is 7.68. The SMILES string of the molecule is Fc1c(-c2cccc3cccc(F)c23)ncc2c(N3CCCC4(COC4)C3)nc(OCC34CCCN3CCC4)nc12. The van der Waals surface area contributed by atoms with Crippen molar-refractivity contribution in [1.82, 2.24) is 19.9 Å². The van der Waals surface area contributed by atoms with Crippen molar-refractivity contribution in [2.45, 2.75) is 44.1 Å². The predicted molar refractivity (Wildman–Crippen MR) is 153 cm³/mol. The molecule has 2 aromatic carbocycles. The number of pyridine rings is 1. The maximum atomic E-state index is 16.5. The van der Waals surface area contributed by atoms with Gasteiger partial charge in [-0.05, 0) is 63.1 Å². The number of piperidine rings is 1. The van der Waals surface area contributed by atoms with Crippen LogP contribution in [0.1, 0.15) is 38.5 Å². The van der Waals surface area contributed by atoms with Crippen molar-refractivity contribution >= 4 is 27.5 Å². The molecule has 0 aliphatic carbocycles. The summed E-state index contributed by atoms with van der Waals surface area (Å²) < 4.78 is 43.5. The van der Waals surface area contributed by atoms with Gasteiger partial charge in [-0.25, -0.2) is 8.78 Å². The summed E-state index contributed by atoms with van der Waals surface area (Å²) in [6.45, 7) is 5.74. The zero-order valence-corrected chi connectivity index (χ0v) is 23.0. The van der Waals surface area contributed by atoms with Gasteiger partial charge in [0.2, 0.25) is 0 Å². The third-order valence-corrected chi connectivity index (χ3v) is 9.81. The Morgan fingerprint density at radius 2 is 1.71 bits per heavy atom. The van der Waals surface area contributed by atoms with Gasteiger partial charge < -0.3 is 14.4 Å². The number of fused-ring (bicyclic) bond motifs is 3. The van der Waals surface area contributed by atoms with Crippen molar-refractivity contribution in [3.05, 3.63) is 54.2 Å². The van der Waals surface area contributed by atoms with E-state index in [4.69, 9.17) is 14.5 Å². The lowest BCUT2D eigenvalue weighted by molar-refractivity contribution is -0.117. The van der Waals surface area contributed by atoms with Gasteiger partial charge in [0.1, 0.15) is 29.5 Å². The monoisotopic (exact) mass is 557 g/mol. The maximum Gasteiger partial charge on any atom is 0.319 e. The van der Waals surface area contributed by atoms with E-state index in [2.05, 4.69) is 19.8 Å². The highest BCUT2D eigenvalue weighted by Gasteiger charge is 2.45. The molecule has 0 radical (unpaired) electrons. The van der Waals surface area contributed by atoms with Crippen LogP contribution >= 0.6 is 0 Å². The molecule has 41 heavy (non-hydrogen) atoms. The second-order valence-electron chi connectivity index (χ2n) is 12.4. The van der Waals surface area contributed by atoms with E-state index in [1.165, 1.54) is 6.07 Å². The molecule has 6 heterocycles. The van der Waals surface area contributed by atoms with Crippen LogP contribution in [0.2, 0.25) is 0 Å². The maximum absolute atomic E-state index is 16.5. The highest BCUT2D eigenvalue weighted by molar-refractivity contribution is 5.99. The third-order valence-electron chi connectivity index (χ3n) is 9.81. The molecule has 8 rings (SSSR count). The molecule has 212 valence electrons. The Balaban J connectivity index is 1.25. The average molecular weight is 558 g/mol. The summed E-state index contributed by atoms with van der Waals surface area (Å²) >= 11 is 0. The van der Waals surface area contributed by atoms with Gasteiger partial charge in [0.15, 0.2) is 5.82 Å². The fraction of sp³-hybridized carbons (Fsp3) is 0.469. The second kappa shape index (κ2) is 9.56. The van der Waals surface area contributed by atoms with Crippen molar-refractivity contribution < 1.29 is 18.3 Å². The van der Waals surface area contributed by atoms with E-state index in [-0.39, 0.29) is 28.2 Å². The fourth-order valence-corrected chi connectivity index (χ4v) is 7.68. The summed E-state index contributed by atoms with van der Waals surface area (Å²) in [6, 6.07) is 10.4. The van der Waals surface area contributed by atoms with Gasteiger partial charge in [-0.3, -0.25) is 9.88 Å². The Labute approximate surface area is 237 Å². The summed E-state index contributed by atoms with van der Waals surface area (Å²) in [7, 11) is 0. The number of hydrogen-bond acceptors (Lipinski definition) is 7. The van der Waals surface area contributed by atoms with Crippen LogP contribution in [0.3, 0.4) is 0 Å². The van der Waals surface area contributed by atoms with Crippen molar-refractivity contribution in [1.29, 1.82) is 0 Å². The number of anilines is 1. The number of nitrogens with zero attached hydrogens (tertiary/aromatic N) is 5. The van der Waals surface area contributed by atoms with Crippen LogP contribution in [0.25, 0.3) is 32.9 Å². The molecule has 4 aliphatic rings. The third kappa shape index (κ3) is 4.07. The molecule has 7 nitrogen and oxygen atoms in total. The lowest BCUT2D eigenvalue weighted by Gasteiger charge is -2.48. The van der Waals surface area contributed by atoms with Crippen LogP contribution in [-0.4, -0.2) is 71.4 Å². The van der Waals surface area contributed by atoms with Crippen molar-refractivity contribution in [3.63, 3.8) is 0 Å². The first kappa shape index (κ1) is 25.3. The molecule has 4 aromatic rings. The molecular weight excluding hydrogens is 524 g/mol. The molecule has 9 heteroatoms. The normalized spacial score (nSPS) is 21.5. The minimum Gasteiger partial charge on any atom is -0.461 e. The molecular formula is C32H33F2N5O2. The smallest absolute Gasteiger partial charge is 0.319 e. The molecule has 0 atom stereocenters. The first-order valence-corrected chi connectivity index (χ1v) is 14.8. The summed E-state index contributed by atoms with van der Waals surface area (Å²) in [4.78, 5) is 18.8. The molecule has 4 fully saturated rings. The van der Waals surface area contributed by atoms with E-state index in [9.17, 15) is 4.39 Å². The van der Waals surface area contributed by atoms with Gasteiger partial charge in [0.05, 0.1) is 24.1 Å². The van der Waals surface area contributed by atoms with Crippen LogP contribution in [0.5, 0.6) is 6.01 Å². The van der Waals surface area contributed by atoms with Gasteiger partial charge in [-0.2, -0.15) is 9.97 Å². The Kier molecular flexibility index (Phi) is 5.90. The number of benzene rings is 2.